The zero-order valence-corrected chi connectivity index (χ0v) is 8.83. The maximum absolute atomic E-state index is 11.2. The second-order valence-corrected chi connectivity index (χ2v) is 3.33. The molecule has 1 rings (SSSR count). The molecule has 5 nitrogen and oxygen atoms in total. The van der Waals surface area contributed by atoms with E-state index < -0.39 is 17.9 Å². The Bertz CT molecular complexity index is 394. The molecule has 82 valence electrons. The van der Waals surface area contributed by atoms with Crippen molar-refractivity contribution in [3.05, 3.63) is 23.0 Å². The molecule has 1 atom stereocenters. The largest absolute Gasteiger partial charge is 0.481 e. The summed E-state index contributed by atoms with van der Waals surface area (Å²) in [4.78, 5) is 24.7. The fourth-order valence-corrected chi connectivity index (χ4v) is 1.37. The number of nitrogens with one attached hydrogen (secondary N) is 1. The van der Waals surface area contributed by atoms with Crippen molar-refractivity contribution in [3.8, 4) is 0 Å². The van der Waals surface area contributed by atoms with E-state index in [1.807, 2.05) is 0 Å². The monoisotopic (exact) mass is 211 g/mol. The van der Waals surface area contributed by atoms with Crippen LogP contribution in [0.25, 0.3) is 0 Å². The fraction of sp³-hybridized carbons (Fsp3) is 0.400. The fourth-order valence-electron chi connectivity index (χ4n) is 1.37. The summed E-state index contributed by atoms with van der Waals surface area (Å²) in [5, 5.41) is 8.83. The van der Waals surface area contributed by atoms with E-state index in [2.05, 4.69) is 9.72 Å². The normalized spacial score (nSPS) is 12.2. The lowest BCUT2D eigenvalue weighted by Gasteiger charge is -2.04. The molecule has 15 heavy (non-hydrogen) atoms. The number of carbonyl (C=O) groups excluding carboxylic acids is 1. The molecule has 0 aliphatic carbocycles. The van der Waals surface area contributed by atoms with E-state index in [4.69, 9.17) is 5.11 Å². The molecule has 0 saturated heterocycles. The van der Waals surface area contributed by atoms with Crippen LogP contribution in [0, 0.1) is 6.92 Å². The third kappa shape index (κ3) is 2.18. The van der Waals surface area contributed by atoms with E-state index in [0.717, 1.165) is 5.56 Å². The van der Waals surface area contributed by atoms with Crippen molar-refractivity contribution in [2.24, 2.45) is 0 Å². The number of carbonyl (C=O) groups is 2. The third-order valence-corrected chi connectivity index (χ3v) is 2.26. The number of hydrogen-bond acceptors (Lipinski definition) is 3. The van der Waals surface area contributed by atoms with E-state index in [1.165, 1.54) is 7.11 Å². The van der Waals surface area contributed by atoms with Gasteiger partial charge in [0, 0.05) is 5.69 Å². The maximum Gasteiger partial charge on any atom is 0.354 e. The first-order chi connectivity index (χ1) is 6.97. The van der Waals surface area contributed by atoms with Crippen LogP contribution in [0.1, 0.15) is 34.6 Å². The Morgan fingerprint density at radius 2 is 2.13 bits per heavy atom. The Morgan fingerprint density at radius 3 is 2.60 bits per heavy atom. The molecule has 0 amide bonds. The molecule has 1 aromatic rings. The van der Waals surface area contributed by atoms with Gasteiger partial charge in [0.15, 0.2) is 0 Å². The predicted octanol–water partition coefficient (Wildman–Crippen LogP) is 1.30. The lowest BCUT2D eigenvalue weighted by molar-refractivity contribution is -0.138. The Labute approximate surface area is 87.1 Å². The number of methoxy groups -OCH3 is 1. The molecule has 1 unspecified atom stereocenters. The van der Waals surface area contributed by atoms with Crippen LogP contribution in [0.15, 0.2) is 6.07 Å². The third-order valence-electron chi connectivity index (χ3n) is 2.26. The zero-order valence-electron chi connectivity index (χ0n) is 8.83. The van der Waals surface area contributed by atoms with Crippen molar-refractivity contribution in [1.29, 1.82) is 0 Å². The lowest BCUT2D eigenvalue weighted by atomic mass is 10.1. The SMILES string of the molecule is COC(=O)c1cc(C)c(C(C)C(=O)O)[nH]1. The summed E-state index contributed by atoms with van der Waals surface area (Å²) in [5.41, 5.74) is 1.55. The molecule has 0 spiro atoms. The highest BCUT2D eigenvalue weighted by Gasteiger charge is 2.20. The first kappa shape index (κ1) is 11.3. The Hall–Kier alpha value is -1.78. The number of ether oxygens (including phenoxy) is 1. The smallest absolute Gasteiger partial charge is 0.354 e. The molecule has 0 fully saturated rings. The van der Waals surface area contributed by atoms with Crippen LogP contribution in [-0.4, -0.2) is 29.1 Å². The summed E-state index contributed by atoms with van der Waals surface area (Å²) in [6, 6.07) is 1.58. The van der Waals surface area contributed by atoms with Gasteiger partial charge in [0.25, 0.3) is 0 Å². The molecular weight excluding hydrogens is 198 g/mol. The molecule has 0 bridgehead atoms. The number of H-pyrrole nitrogens is 1. The molecule has 0 radical (unpaired) electrons. The van der Waals surface area contributed by atoms with Crippen molar-refractivity contribution >= 4 is 11.9 Å². The number of esters is 1. The molecule has 1 aromatic heterocycles. The van der Waals surface area contributed by atoms with Crippen molar-refractivity contribution in [3.63, 3.8) is 0 Å². The zero-order chi connectivity index (χ0) is 11.6. The van der Waals surface area contributed by atoms with Gasteiger partial charge in [-0.1, -0.05) is 0 Å². The van der Waals surface area contributed by atoms with Crippen molar-refractivity contribution in [2.75, 3.05) is 7.11 Å². The van der Waals surface area contributed by atoms with Crippen molar-refractivity contribution < 1.29 is 19.4 Å². The topological polar surface area (TPSA) is 79.4 Å². The first-order valence-electron chi connectivity index (χ1n) is 4.48. The van der Waals surface area contributed by atoms with Gasteiger partial charge in [-0.3, -0.25) is 4.79 Å². The van der Waals surface area contributed by atoms with Gasteiger partial charge in [0.2, 0.25) is 0 Å². The van der Waals surface area contributed by atoms with E-state index in [0.29, 0.717) is 5.69 Å². The van der Waals surface area contributed by atoms with E-state index in [-0.39, 0.29) is 5.69 Å². The lowest BCUT2D eigenvalue weighted by Crippen LogP contribution is -2.09. The molecule has 0 aliphatic rings. The van der Waals surface area contributed by atoms with Gasteiger partial charge in [-0.25, -0.2) is 4.79 Å². The number of aliphatic carboxylic acids is 1. The average Bonchev–Trinajstić information content (AvgIpc) is 2.57. The predicted molar refractivity (Wildman–Crippen MR) is 52.9 cm³/mol. The van der Waals surface area contributed by atoms with Gasteiger partial charge in [0.1, 0.15) is 5.69 Å². The molecule has 0 saturated carbocycles. The number of aryl methyl sites for hydroxylation is 1. The second kappa shape index (κ2) is 4.16. The minimum absolute atomic E-state index is 0.276. The molecule has 1 heterocycles. The first-order valence-corrected chi connectivity index (χ1v) is 4.48. The molecule has 5 heteroatoms. The Balaban J connectivity index is 3.06. The summed E-state index contributed by atoms with van der Waals surface area (Å²) < 4.78 is 4.53. The standard InChI is InChI=1S/C10H13NO4/c1-5-4-7(10(14)15-3)11-8(5)6(2)9(12)13/h4,6,11H,1-3H3,(H,12,13). The number of aromatic amines is 1. The minimum atomic E-state index is -0.934. The summed E-state index contributed by atoms with van der Waals surface area (Å²) in [6.45, 7) is 3.31. The second-order valence-electron chi connectivity index (χ2n) is 3.33. The van der Waals surface area contributed by atoms with Crippen molar-refractivity contribution in [1.82, 2.24) is 4.98 Å². The molecular formula is C10H13NO4. The number of carboxylic acids is 1. The van der Waals surface area contributed by atoms with Gasteiger partial charge in [0.05, 0.1) is 13.0 Å². The van der Waals surface area contributed by atoms with Crippen LogP contribution < -0.4 is 0 Å². The molecule has 0 aliphatic heterocycles. The Kier molecular flexibility index (Phi) is 3.14. The summed E-state index contributed by atoms with van der Waals surface area (Å²) in [6.07, 6.45) is 0. The summed E-state index contributed by atoms with van der Waals surface area (Å²) >= 11 is 0. The minimum Gasteiger partial charge on any atom is -0.481 e. The summed E-state index contributed by atoms with van der Waals surface area (Å²) in [7, 11) is 1.28. The number of aromatic nitrogens is 1. The number of hydrogen-bond donors (Lipinski definition) is 2. The van der Waals surface area contributed by atoms with Crippen LogP contribution >= 0.6 is 0 Å². The van der Waals surface area contributed by atoms with E-state index in [1.54, 1.807) is 19.9 Å². The van der Waals surface area contributed by atoms with Crippen molar-refractivity contribution in [2.45, 2.75) is 19.8 Å². The van der Waals surface area contributed by atoms with Gasteiger partial charge in [-0.2, -0.15) is 0 Å². The van der Waals surface area contributed by atoms with Crippen LogP contribution in [0.4, 0.5) is 0 Å². The van der Waals surface area contributed by atoms with Crippen LogP contribution in [0.5, 0.6) is 0 Å². The summed E-state index contributed by atoms with van der Waals surface area (Å²) in [5.74, 6) is -2.10. The highest BCUT2D eigenvalue weighted by atomic mass is 16.5. The van der Waals surface area contributed by atoms with Crippen LogP contribution in [0.3, 0.4) is 0 Å². The van der Waals surface area contributed by atoms with Gasteiger partial charge in [-0.05, 0) is 25.5 Å². The molecule has 2 N–H and O–H groups in total. The van der Waals surface area contributed by atoms with Crippen LogP contribution in [-0.2, 0) is 9.53 Å². The number of rotatable bonds is 3. The highest BCUT2D eigenvalue weighted by Crippen LogP contribution is 2.20. The van der Waals surface area contributed by atoms with E-state index >= 15 is 0 Å². The number of carboxylic acid groups (broad SMARTS) is 1. The molecule has 0 aromatic carbocycles. The van der Waals surface area contributed by atoms with Gasteiger partial charge < -0.3 is 14.8 Å². The maximum atomic E-state index is 11.2. The van der Waals surface area contributed by atoms with E-state index in [9.17, 15) is 9.59 Å². The Morgan fingerprint density at radius 1 is 1.53 bits per heavy atom. The van der Waals surface area contributed by atoms with Gasteiger partial charge in [-0.15, -0.1) is 0 Å². The van der Waals surface area contributed by atoms with Gasteiger partial charge >= 0.3 is 11.9 Å². The average molecular weight is 211 g/mol. The van der Waals surface area contributed by atoms with Crippen LogP contribution in [0.2, 0.25) is 0 Å². The quantitative estimate of drug-likeness (QED) is 0.738. The highest BCUT2D eigenvalue weighted by molar-refractivity contribution is 5.88.